The highest BCUT2D eigenvalue weighted by Crippen LogP contribution is 2.74. The van der Waals surface area contributed by atoms with E-state index in [4.69, 9.17) is 0 Å². The van der Waals surface area contributed by atoms with Gasteiger partial charge in [-0.15, -0.1) is 0 Å². The zero-order valence-electron chi connectivity index (χ0n) is 28.3. The average Bonchev–Trinajstić information content (AvgIpc) is 3.50. The van der Waals surface area contributed by atoms with Gasteiger partial charge < -0.3 is 0 Å². The summed E-state index contributed by atoms with van der Waals surface area (Å²) >= 11 is 0. The van der Waals surface area contributed by atoms with Crippen LogP contribution in [0, 0.1) is 61.6 Å². The van der Waals surface area contributed by atoms with E-state index in [0.29, 0.717) is 0 Å². The molecular formula is C39H46N4O3. The molecule has 0 aromatic carbocycles. The van der Waals surface area contributed by atoms with Gasteiger partial charge in [-0.05, 0) is 91.2 Å². The molecule has 46 heavy (non-hydrogen) atoms. The fraction of sp³-hybridized carbons (Fsp3) is 0.590. The molecule has 2 heterocycles. The molecule has 5 aliphatic rings. The molecule has 5 aliphatic carbocycles. The van der Waals surface area contributed by atoms with Gasteiger partial charge in [0.1, 0.15) is 12.4 Å². The second kappa shape index (κ2) is 9.69. The van der Waals surface area contributed by atoms with Gasteiger partial charge in [0.05, 0.1) is 16.7 Å². The van der Waals surface area contributed by atoms with Crippen molar-refractivity contribution in [1.29, 1.82) is 5.26 Å². The van der Waals surface area contributed by atoms with Gasteiger partial charge in [-0.3, -0.25) is 23.9 Å². The fourth-order valence-corrected chi connectivity index (χ4v) is 11.4. The zero-order valence-corrected chi connectivity index (χ0v) is 28.3. The number of nitriles is 1. The van der Waals surface area contributed by atoms with Crippen molar-refractivity contribution in [2.45, 2.75) is 93.4 Å². The fourth-order valence-electron chi connectivity index (χ4n) is 11.4. The van der Waals surface area contributed by atoms with E-state index < -0.39 is 16.2 Å². The molecule has 0 saturated heterocycles. The Morgan fingerprint density at radius 2 is 1.67 bits per heavy atom. The van der Waals surface area contributed by atoms with Crippen molar-refractivity contribution in [2.24, 2.45) is 50.2 Å². The number of ketones is 2. The molecule has 0 bridgehead atoms. The van der Waals surface area contributed by atoms with E-state index in [-0.39, 0.29) is 57.0 Å². The Kier molecular flexibility index (Phi) is 6.52. The summed E-state index contributed by atoms with van der Waals surface area (Å²) in [6, 6.07) is 5.99. The SMILES string of the molecule is CC1(C)CCC2(C(=O)n3cnc(-c4ccncc4)c3)CCC3(C)C(C(=O)C=C4C5(C)C=C(C#N)C(=O)C(C)(C)C5CC[C@]43C)C2C1. The Bertz CT molecular complexity index is 1770. The number of rotatable bonds is 2. The van der Waals surface area contributed by atoms with Crippen LogP contribution in [0.5, 0.6) is 0 Å². The number of hydrogen-bond donors (Lipinski definition) is 0. The van der Waals surface area contributed by atoms with Crippen LogP contribution in [0.4, 0.5) is 0 Å². The van der Waals surface area contributed by atoms with E-state index in [2.05, 4.69) is 50.7 Å². The van der Waals surface area contributed by atoms with Crippen LogP contribution in [-0.2, 0) is 9.59 Å². The number of imidazole rings is 1. The number of aromatic nitrogens is 3. The summed E-state index contributed by atoms with van der Waals surface area (Å²) in [7, 11) is 0. The van der Waals surface area contributed by atoms with Crippen molar-refractivity contribution in [3.05, 3.63) is 60.3 Å². The maximum absolute atomic E-state index is 14.8. The van der Waals surface area contributed by atoms with Gasteiger partial charge in [-0.25, -0.2) is 4.98 Å². The van der Waals surface area contributed by atoms with Crippen molar-refractivity contribution < 1.29 is 14.4 Å². The number of nitrogens with zero attached hydrogens (tertiary/aromatic N) is 4. The number of allylic oxidation sites excluding steroid dienone is 4. The molecule has 6 unspecified atom stereocenters. The summed E-state index contributed by atoms with van der Waals surface area (Å²) in [6.45, 7) is 15.3. The Labute approximate surface area is 272 Å². The van der Waals surface area contributed by atoms with E-state index in [1.807, 2.05) is 44.3 Å². The lowest BCUT2D eigenvalue weighted by Crippen LogP contribution is -2.66. The minimum Gasteiger partial charge on any atom is -0.295 e. The number of fused-ring (bicyclic) bond motifs is 7. The van der Waals surface area contributed by atoms with Gasteiger partial charge in [0, 0.05) is 40.9 Å². The molecule has 7 rings (SSSR count). The molecule has 0 N–H and O–H groups in total. The molecule has 7 atom stereocenters. The van der Waals surface area contributed by atoms with Gasteiger partial charge in [-0.2, -0.15) is 5.26 Å². The van der Waals surface area contributed by atoms with E-state index in [9.17, 15) is 19.6 Å². The topological polar surface area (TPSA) is 106 Å². The normalized spacial score (nSPS) is 39.0. The maximum Gasteiger partial charge on any atom is 0.238 e. The number of hydrogen-bond acceptors (Lipinski definition) is 6. The van der Waals surface area contributed by atoms with Crippen LogP contribution in [0.15, 0.2) is 60.3 Å². The van der Waals surface area contributed by atoms with E-state index in [1.165, 1.54) is 0 Å². The Balaban J connectivity index is 1.34. The van der Waals surface area contributed by atoms with Crippen LogP contribution in [0.1, 0.15) is 98.2 Å². The molecule has 0 amide bonds. The van der Waals surface area contributed by atoms with Crippen LogP contribution in [0.25, 0.3) is 11.3 Å². The van der Waals surface area contributed by atoms with Gasteiger partial charge in [0.2, 0.25) is 5.91 Å². The molecule has 3 saturated carbocycles. The van der Waals surface area contributed by atoms with Gasteiger partial charge in [0.15, 0.2) is 11.6 Å². The summed E-state index contributed by atoms with van der Waals surface area (Å²) < 4.78 is 1.68. The van der Waals surface area contributed by atoms with E-state index in [0.717, 1.165) is 61.8 Å². The van der Waals surface area contributed by atoms with Crippen molar-refractivity contribution in [2.75, 3.05) is 0 Å². The van der Waals surface area contributed by atoms with E-state index >= 15 is 0 Å². The molecule has 0 aliphatic heterocycles. The molecule has 0 radical (unpaired) electrons. The first-order chi connectivity index (χ1) is 21.5. The number of carbonyl (C=O) groups is 3. The summed E-state index contributed by atoms with van der Waals surface area (Å²) in [5.74, 6) is -0.312. The minimum absolute atomic E-state index is 0.00517. The summed E-state index contributed by atoms with van der Waals surface area (Å²) in [6.07, 6.45) is 16.5. The second-order valence-corrected chi connectivity index (χ2v) is 17.1. The second-order valence-electron chi connectivity index (χ2n) is 17.1. The maximum atomic E-state index is 14.8. The number of carbonyl (C=O) groups excluding carboxylic acids is 3. The van der Waals surface area contributed by atoms with Crippen LogP contribution >= 0.6 is 0 Å². The highest BCUT2D eigenvalue weighted by Gasteiger charge is 2.71. The highest BCUT2D eigenvalue weighted by molar-refractivity contribution is 6.04. The monoisotopic (exact) mass is 618 g/mol. The Morgan fingerprint density at radius 1 is 0.978 bits per heavy atom. The average molecular weight is 619 g/mol. The first kappa shape index (κ1) is 31.0. The Hall–Kier alpha value is -3.66. The third-order valence-corrected chi connectivity index (χ3v) is 14.1. The molecule has 3 fully saturated rings. The predicted octanol–water partition coefficient (Wildman–Crippen LogP) is 7.80. The quantitative estimate of drug-likeness (QED) is 0.340. The van der Waals surface area contributed by atoms with Crippen molar-refractivity contribution in [3.63, 3.8) is 0 Å². The first-order valence-corrected chi connectivity index (χ1v) is 17.0. The molecule has 2 aromatic heterocycles. The molecule has 2 aromatic rings. The largest absolute Gasteiger partial charge is 0.295 e. The Morgan fingerprint density at radius 3 is 2.37 bits per heavy atom. The lowest BCUT2D eigenvalue weighted by Gasteiger charge is -2.69. The zero-order chi connectivity index (χ0) is 33.1. The van der Waals surface area contributed by atoms with Crippen LogP contribution in [0.3, 0.4) is 0 Å². The lowest BCUT2D eigenvalue weighted by atomic mass is 9.34. The van der Waals surface area contributed by atoms with Gasteiger partial charge in [-0.1, -0.05) is 60.1 Å². The molecule has 0 spiro atoms. The van der Waals surface area contributed by atoms with Crippen LogP contribution in [0.2, 0.25) is 0 Å². The van der Waals surface area contributed by atoms with Crippen molar-refractivity contribution >= 4 is 17.5 Å². The van der Waals surface area contributed by atoms with Gasteiger partial charge >= 0.3 is 0 Å². The molecule has 7 nitrogen and oxygen atoms in total. The lowest BCUT2D eigenvalue weighted by molar-refractivity contribution is -0.164. The first-order valence-electron chi connectivity index (χ1n) is 17.0. The summed E-state index contributed by atoms with van der Waals surface area (Å²) in [5, 5.41) is 10.0. The smallest absolute Gasteiger partial charge is 0.238 e. The predicted molar refractivity (Wildman–Crippen MR) is 175 cm³/mol. The third kappa shape index (κ3) is 3.91. The standard InChI is InChI=1S/C39H46N4O3/c1-34(2)12-14-39(33(46)43-22-27(42-23-43)24-9-16-41-17-10-24)15-13-38(7)31(26(39)20-34)28(44)18-30-36(5)19-25(21-40)32(45)35(3,4)29(36)8-11-37(30,38)6/h9-10,16-19,22-23,26,29,31H,8,11-15,20H2,1-7H3/t26?,29?,31?,36?,37-,38?,39?/m1/s1. The van der Waals surface area contributed by atoms with Crippen LogP contribution < -0.4 is 0 Å². The van der Waals surface area contributed by atoms with E-state index in [1.54, 1.807) is 23.3 Å². The van der Waals surface area contributed by atoms with Gasteiger partial charge in [0.25, 0.3) is 0 Å². The number of pyridine rings is 1. The molecular weight excluding hydrogens is 572 g/mol. The van der Waals surface area contributed by atoms with Crippen molar-refractivity contribution in [1.82, 2.24) is 14.5 Å². The molecule has 7 heteroatoms. The van der Waals surface area contributed by atoms with Crippen molar-refractivity contribution in [3.8, 4) is 17.3 Å². The highest BCUT2D eigenvalue weighted by atomic mass is 16.2. The summed E-state index contributed by atoms with van der Waals surface area (Å²) in [4.78, 5) is 51.7. The summed E-state index contributed by atoms with van der Waals surface area (Å²) in [5.41, 5.74) is 0.347. The molecule has 240 valence electrons. The third-order valence-electron chi connectivity index (χ3n) is 14.1. The van der Waals surface area contributed by atoms with Crippen LogP contribution in [-0.4, -0.2) is 32.0 Å². The number of Topliss-reactive ketones (excluding diaryl/α,β-unsaturated/α-hetero) is 1. The minimum atomic E-state index is -0.695.